The number of nitrogens with zero attached hydrogens (tertiary/aromatic N) is 2. The fraction of sp³-hybridized carbons (Fsp3) is 0.714. The van der Waals surface area contributed by atoms with Gasteiger partial charge in [-0.1, -0.05) is 19.0 Å². The third-order valence-electron chi connectivity index (χ3n) is 1.47. The highest BCUT2D eigenvalue weighted by atomic mass is 32.2. The molecule has 0 aliphatic heterocycles. The van der Waals surface area contributed by atoms with Crippen LogP contribution in [-0.4, -0.2) is 24.8 Å². The second-order valence-corrected chi connectivity index (χ2v) is 5.13. The number of rotatable bonds is 4. The molecule has 0 bridgehead atoms. The van der Waals surface area contributed by atoms with Crippen molar-refractivity contribution in [2.45, 2.75) is 26.3 Å². The molecule has 0 aliphatic rings. The fourth-order valence-electron chi connectivity index (χ4n) is 0.769. The van der Waals surface area contributed by atoms with Gasteiger partial charge in [-0.25, -0.2) is 13.1 Å². The lowest BCUT2D eigenvalue weighted by molar-refractivity contribution is 0.360. The van der Waals surface area contributed by atoms with Crippen LogP contribution in [-0.2, 0) is 16.6 Å². The molecule has 1 aromatic heterocycles. The number of nitrogens with one attached hydrogen (secondary N) is 1. The van der Waals surface area contributed by atoms with Crippen LogP contribution in [0, 0.1) is 0 Å². The molecule has 0 saturated heterocycles. The average molecular weight is 219 g/mol. The zero-order valence-corrected chi connectivity index (χ0v) is 9.13. The minimum Gasteiger partial charge on any atom is -0.339 e. The summed E-state index contributed by atoms with van der Waals surface area (Å²) in [4.78, 5) is 4.01. The molecule has 0 atom stereocenters. The average Bonchev–Trinajstić information content (AvgIpc) is 2.47. The lowest BCUT2D eigenvalue weighted by Gasteiger charge is -1.95. The van der Waals surface area contributed by atoms with E-state index < -0.39 is 10.0 Å². The van der Waals surface area contributed by atoms with Crippen LogP contribution in [0.15, 0.2) is 4.52 Å². The Bertz CT molecular complexity index is 396. The third kappa shape index (κ3) is 3.43. The Balaban J connectivity index is 2.61. The van der Waals surface area contributed by atoms with Gasteiger partial charge in [-0.05, 0) is 0 Å². The van der Waals surface area contributed by atoms with Gasteiger partial charge < -0.3 is 4.52 Å². The summed E-state index contributed by atoms with van der Waals surface area (Å²) in [5.74, 6) is 1.00. The molecule has 6 nitrogen and oxygen atoms in total. The van der Waals surface area contributed by atoms with Crippen molar-refractivity contribution < 1.29 is 12.9 Å². The van der Waals surface area contributed by atoms with Gasteiger partial charge in [-0.2, -0.15) is 4.98 Å². The topological polar surface area (TPSA) is 85.1 Å². The molecule has 1 N–H and O–H groups in total. The lowest BCUT2D eigenvalue weighted by atomic mass is 10.2. The Hall–Kier alpha value is -0.950. The molecule has 1 heterocycles. The highest BCUT2D eigenvalue weighted by molar-refractivity contribution is 7.88. The van der Waals surface area contributed by atoms with Crippen molar-refractivity contribution in [1.29, 1.82) is 0 Å². The molecule has 0 aromatic carbocycles. The van der Waals surface area contributed by atoms with Crippen LogP contribution >= 0.6 is 0 Å². The maximum Gasteiger partial charge on any atom is 0.229 e. The highest BCUT2D eigenvalue weighted by Gasteiger charge is 2.10. The predicted molar refractivity (Wildman–Crippen MR) is 50.1 cm³/mol. The third-order valence-corrected chi connectivity index (χ3v) is 2.14. The molecular weight excluding hydrogens is 206 g/mol. The Labute approximate surface area is 82.8 Å². The number of hydrogen-bond donors (Lipinski definition) is 1. The van der Waals surface area contributed by atoms with E-state index in [4.69, 9.17) is 4.52 Å². The first-order valence-electron chi connectivity index (χ1n) is 4.15. The summed E-state index contributed by atoms with van der Waals surface area (Å²) in [7, 11) is -3.20. The standard InChI is InChI=1S/C7H13N3O3S/c1-5(2)7-9-6(10-13-7)4-8-14(3,11)12/h5,8H,4H2,1-3H3. The van der Waals surface area contributed by atoms with E-state index in [0.29, 0.717) is 11.7 Å². The van der Waals surface area contributed by atoms with Gasteiger partial charge in [0.25, 0.3) is 0 Å². The molecule has 1 aromatic rings. The predicted octanol–water partition coefficient (Wildman–Crippen LogP) is 0.242. The van der Waals surface area contributed by atoms with Crippen LogP contribution in [0.3, 0.4) is 0 Å². The Kier molecular flexibility index (Phi) is 3.22. The molecule has 0 amide bonds. The lowest BCUT2D eigenvalue weighted by Crippen LogP contribution is -2.21. The van der Waals surface area contributed by atoms with Crippen LogP contribution in [0.2, 0.25) is 0 Å². The first-order valence-corrected chi connectivity index (χ1v) is 6.05. The number of aromatic nitrogens is 2. The van der Waals surface area contributed by atoms with Gasteiger partial charge in [0.15, 0.2) is 5.82 Å². The van der Waals surface area contributed by atoms with Gasteiger partial charge in [0.05, 0.1) is 12.8 Å². The minimum atomic E-state index is -3.20. The van der Waals surface area contributed by atoms with Crippen molar-refractivity contribution in [3.05, 3.63) is 11.7 Å². The SMILES string of the molecule is CC(C)c1nc(CNS(C)(=O)=O)no1. The van der Waals surface area contributed by atoms with E-state index in [9.17, 15) is 8.42 Å². The molecule has 0 radical (unpaired) electrons. The molecule has 1 rings (SSSR count). The monoisotopic (exact) mass is 219 g/mol. The van der Waals surface area contributed by atoms with E-state index in [0.717, 1.165) is 6.26 Å². The summed E-state index contributed by atoms with van der Waals surface area (Å²) in [6.07, 6.45) is 1.08. The number of sulfonamides is 1. The molecule has 0 fully saturated rings. The van der Waals surface area contributed by atoms with Crippen molar-refractivity contribution in [3.8, 4) is 0 Å². The second kappa shape index (κ2) is 4.05. The summed E-state index contributed by atoms with van der Waals surface area (Å²) >= 11 is 0. The van der Waals surface area contributed by atoms with Crippen molar-refractivity contribution in [2.75, 3.05) is 6.26 Å². The minimum absolute atomic E-state index is 0.0645. The molecule has 0 spiro atoms. The Morgan fingerprint density at radius 3 is 2.57 bits per heavy atom. The van der Waals surface area contributed by atoms with Crippen molar-refractivity contribution in [1.82, 2.24) is 14.9 Å². The first-order chi connectivity index (χ1) is 6.38. The summed E-state index contributed by atoms with van der Waals surface area (Å²) in [6.45, 7) is 3.90. The summed E-state index contributed by atoms with van der Waals surface area (Å²) in [5.41, 5.74) is 0. The maximum absolute atomic E-state index is 10.7. The molecule has 80 valence electrons. The van der Waals surface area contributed by atoms with Gasteiger partial charge >= 0.3 is 0 Å². The van der Waals surface area contributed by atoms with Gasteiger partial charge in [0.1, 0.15) is 0 Å². The van der Waals surface area contributed by atoms with E-state index in [1.165, 1.54) is 0 Å². The van der Waals surface area contributed by atoms with E-state index in [1.807, 2.05) is 13.8 Å². The second-order valence-electron chi connectivity index (χ2n) is 3.30. The zero-order chi connectivity index (χ0) is 10.8. The highest BCUT2D eigenvalue weighted by Crippen LogP contribution is 2.10. The van der Waals surface area contributed by atoms with E-state index >= 15 is 0 Å². The van der Waals surface area contributed by atoms with Crippen LogP contribution < -0.4 is 4.72 Å². The molecule has 0 aliphatic carbocycles. The quantitative estimate of drug-likeness (QED) is 0.784. The Morgan fingerprint density at radius 2 is 2.14 bits per heavy atom. The van der Waals surface area contributed by atoms with Crippen LogP contribution in [0.25, 0.3) is 0 Å². The van der Waals surface area contributed by atoms with Gasteiger partial charge in [0, 0.05) is 5.92 Å². The summed E-state index contributed by atoms with van der Waals surface area (Å²) < 4.78 is 28.7. The van der Waals surface area contributed by atoms with Gasteiger partial charge in [-0.15, -0.1) is 0 Å². The van der Waals surface area contributed by atoms with Crippen molar-refractivity contribution >= 4 is 10.0 Å². The van der Waals surface area contributed by atoms with Crippen molar-refractivity contribution in [2.24, 2.45) is 0 Å². The van der Waals surface area contributed by atoms with Crippen LogP contribution in [0.4, 0.5) is 0 Å². The Morgan fingerprint density at radius 1 is 1.50 bits per heavy atom. The summed E-state index contributed by atoms with van der Waals surface area (Å²) in [5, 5.41) is 3.63. The zero-order valence-electron chi connectivity index (χ0n) is 8.31. The van der Waals surface area contributed by atoms with Crippen molar-refractivity contribution in [3.63, 3.8) is 0 Å². The molecular formula is C7H13N3O3S. The maximum atomic E-state index is 10.7. The fourth-order valence-corrected chi connectivity index (χ4v) is 1.16. The number of hydrogen-bond acceptors (Lipinski definition) is 5. The van der Waals surface area contributed by atoms with Crippen LogP contribution in [0.5, 0.6) is 0 Å². The molecule has 7 heteroatoms. The van der Waals surface area contributed by atoms with E-state index in [1.54, 1.807) is 0 Å². The molecule has 0 saturated carbocycles. The largest absolute Gasteiger partial charge is 0.339 e. The van der Waals surface area contributed by atoms with E-state index in [2.05, 4.69) is 14.9 Å². The smallest absolute Gasteiger partial charge is 0.229 e. The van der Waals surface area contributed by atoms with Crippen LogP contribution in [0.1, 0.15) is 31.5 Å². The summed E-state index contributed by atoms with van der Waals surface area (Å²) in [6, 6.07) is 0. The van der Waals surface area contributed by atoms with E-state index in [-0.39, 0.29) is 12.5 Å². The molecule has 0 unspecified atom stereocenters. The van der Waals surface area contributed by atoms with Gasteiger partial charge in [-0.3, -0.25) is 0 Å². The first kappa shape index (κ1) is 11.1. The molecule has 14 heavy (non-hydrogen) atoms. The van der Waals surface area contributed by atoms with Gasteiger partial charge in [0.2, 0.25) is 15.9 Å². The normalized spacial score (nSPS) is 12.3.